The third-order valence-electron chi connectivity index (χ3n) is 8.99. The topological polar surface area (TPSA) is 180 Å². The van der Waals surface area contributed by atoms with Gasteiger partial charge in [-0.05, 0) is 72.1 Å². The highest BCUT2D eigenvalue weighted by Crippen LogP contribution is 2.44. The molecule has 0 radical (unpaired) electrons. The van der Waals surface area contributed by atoms with E-state index in [1.54, 1.807) is 18.8 Å². The number of nitrogens with one attached hydrogen (secondary N) is 4. The van der Waals surface area contributed by atoms with Crippen molar-refractivity contribution in [2.24, 2.45) is 11.8 Å². The van der Waals surface area contributed by atoms with Crippen LogP contribution in [0.2, 0.25) is 0 Å². The van der Waals surface area contributed by atoms with Gasteiger partial charge in [-0.15, -0.1) is 0 Å². The maximum Gasteiger partial charge on any atom is 0.322 e. The Balaban J connectivity index is 0.000000817. The van der Waals surface area contributed by atoms with Crippen molar-refractivity contribution in [3.05, 3.63) is 95.6 Å². The molecule has 0 spiro atoms. The highest BCUT2D eigenvalue weighted by atomic mass is 32.2. The zero-order chi connectivity index (χ0) is 46.0. The molecule has 3 aromatic rings. The Morgan fingerprint density at radius 2 is 1.31 bits per heavy atom. The average Bonchev–Trinajstić information content (AvgIpc) is 3.58. The monoisotopic (exact) mass is 865 g/mol. The maximum atomic E-state index is 11.9. The summed E-state index contributed by atoms with van der Waals surface area (Å²) >= 11 is 1.59. The summed E-state index contributed by atoms with van der Waals surface area (Å²) in [6, 6.07) is 25.4. The quantitative estimate of drug-likeness (QED) is 0.0567. The summed E-state index contributed by atoms with van der Waals surface area (Å²) < 4.78 is 5.55. The number of hydrogen-bond acceptors (Lipinski definition) is 9. The van der Waals surface area contributed by atoms with Crippen LogP contribution in [-0.4, -0.2) is 92.4 Å². The largest absolute Gasteiger partial charge is 0.480 e. The van der Waals surface area contributed by atoms with E-state index in [1.165, 1.54) is 41.5 Å². The van der Waals surface area contributed by atoms with Crippen molar-refractivity contribution in [2.75, 3.05) is 38.8 Å². The summed E-state index contributed by atoms with van der Waals surface area (Å²) in [5.41, 5.74) is 6.07. The normalized spacial score (nSPS) is 12.2. The van der Waals surface area contributed by atoms with Crippen LogP contribution in [0.1, 0.15) is 103 Å². The fraction of sp³-hybridized carbons (Fsp3) is 0.500. The van der Waals surface area contributed by atoms with Crippen LogP contribution in [0.3, 0.4) is 0 Å². The number of aldehydes is 1. The summed E-state index contributed by atoms with van der Waals surface area (Å²) in [5.74, 6) is -0.0356. The number of aliphatic carboxylic acids is 1. The summed E-state index contributed by atoms with van der Waals surface area (Å²) in [5, 5.41) is 18.5. The molecule has 5 N–H and O–H groups in total. The number of carbonyl (C=O) groups is 6. The number of fused-ring (bicyclic) bond motifs is 3. The zero-order valence-electron chi connectivity index (χ0n) is 37.8. The highest BCUT2D eigenvalue weighted by molar-refractivity contribution is 7.98. The summed E-state index contributed by atoms with van der Waals surface area (Å²) in [4.78, 5) is 65.4. The fourth-order valence-electron chi connectivity index (χ4n) is 5.60. The number of amides is 3. The van der Waals surface area contributed by atoms with E-state index in [9.17, 15) is 28.8 Å². The number of benzene rings is 3. The smallest absolute Gasteiger partial charge is 0.322 e. The Bertz CT molecular complexity index is 1640. The van der Waals surface area contributed by atoms with Crippen molar-refractivity contribution in [1.82, 2.24) is 21.3 Å². The fourth-order valence-corrected chi connectivity index (χ4v) is 6.07. The van der Waals surface area contributed by atoms with Gasteiger partial charge in [0.1, 0.15) is 25.5 Å². The number of carboxylic acids is 1. The van der Waals surface area contributed by atoms with Crippen LogP contribution in [0.15, 0.2) is 78.9 Å². The van der Waals surface area contributed by atoms with Crippen molar-refractivity contribution in [3.63, 3.8) is 0 Å². The first-order chi connectivity index (χ1) is 29.3. The molecule has 13 heteroatoms. The molecule has 0 saturated heterocycles. The molecule has 0 heterocycles. The molecule has 3 aromatic carbocycles. The SMILES string of the molecule is CC(C)C.CCC(C)C(=O)OCC1c2ccccc2-c2ccccc21.CCCCC.CNC(Cc1ccccc1)C(=O)NCC(=O)O.CSCCC(NC=O)C(=O)NCC=O. The minimum absolute atomic E-state index is 0.0187. The lowest BCUT2D eigenvalue weighted by atomic mass is 9.98. The number of likely N-dealkylation sites (N-methyl/N-ethyl adjacent to an activating group) is 1. The van der Waals surface area contributed by atoms with Gasteiger partial charge in [0.25, 0.3) is 0 Å². The third-order valence-corrected chi connectivity index (χ3v) is 9.64. The van der Waals surface area contributed by atoms with Gasteiger partial charge >= 0.3 is 11.9 Å². The third kappa shape index (κ3) is 24.1. The van der Waals surface area contributed by atoms with Gasteiger partial charge in [-0.3, -0.25) is 24.0 Å². The van der Waals surface area contributed by atoms with Crippen molar-refractivity contribution >= 4 is 48.2 Å². The molecule has 338 valence electrons. The molecule has 3 amide bonds. The van der Waals surface area contributed by atoms with E-state index in [1.807, 2.05) is 62.6 Å². The number of ether oxygens (including phenoxy) is 1. The van der Waals surface area contributed by atoms with Gasteiger partial charge in [-0.1, -0.05) is 147 Å². The van der Waals surface area contributed by atoms with Crippen LogP contribution in [0, 0.1) is 11.8 Å². The predicted octanol–water partition coefficient (Wildman–Crippen LogP) is 7.43. The van der Waals surface area contributed by atoms with Crippen molar-refractivity contribution < 1.29 is 38.6 Å². The lowest BCUT2D eigenvalue weighted by molar-refractivity contribution is -0.148. The van der Waals surface area contributed by atoms with E-state index >= 15 is 0 Å². The number of unbranched alkanes of at least 4 members (excludes halogenated alkanes) is 2. The first-order valence-electron chi connectivity index (χ1n) is 21.2. The molecule has 0 bridgehead atoms. The second kappa shape index (κ2) is 34.7. The van der Waals surface area contributed by atoms with E-state index in [0.717, 1.165) is 23.7 Å². The predicted molar refractivity (Wildman–Crippen MR) is 249 cm³/mol. The summed E-state index contributed by atoms with van der Waals surface area (Å²) in [7, 11) is 1.67. The Morgan fingerprint density at radius 3 is 1.75 bits per heavy atom. The van der Waals surface area contributed by atoms with E-state index < -0.39 is 18.1 Å². The standard InChI is InChI=1S/C19H20O2.C12H16N2O3.C8H14N2O3S.C5H12.C4H10/c1-3-13(2)19(20)21-12-18-16-10-6-4-8-14(16)15-9-5-7-11-17(15)18;1-13-10(12(17)14-8-11(15)16)7-9-5-3-2-4-6-9;1-14-5-2-7(10-6-12)8(13)9-3-4-11;1-3-5-4-2;1-4(2)3/h4-11,13,18H,3,12H2,1-2H3;2-6,10,13H,7-8H2,1H3,(H,14,17)(H,15,16);4,6-7H,2-3,5H2,1H3,(H,9,13)(H,10,12);3-5H2,1-2H3;4H,1-3H3. The van der Waals surface area contributed by atoms with Gasteiger partial charge in [0.2, 0.25) is 18.2 Å². The Kier molecular flexibility index (Phi) is 31.8. The molecule has 0 saturated carbocycles. The van der Waals surface area contributed by atoms with Crippen LogP contribution in [0.5, 0.6) is 0 Å². The Labute approximate surface area is 369 Å². The Hall–Kier alpha value is -5.01. The van der Waals surface area contributed by atoms with Gasteiger partial charge in [-0.2, -0.15) is 11.8 Å². The molecule has 1 aliphatic rings. The second-order valence-electron chi connectivity index (χ2n) is 14.9. The molecule has 61 heavy (non-hydrogen) atoms. The number of rotatable bonds is 20. The number of carboxylic acid groups (broad SMARTS) is 1. The molecule has 0 fully saturated rings. The minimum Gasteiger partial charge on any atom is -0.480 e. The molecule has 0 aromatic heterocycles. The van der Waals surface area contributed by atoms with Crippen LogP contribution in [0.25, 0.3) is 11.1 Å². The molecular formula is C48H72N4O8S. The van der Waals surface area contributed by atoms with E-state index in [0.29, 0.717) is 32.1 Å². The number of esters is 1. The van der Waals surface area contributed by atoms with Crippen molar-refractivity contribution in [2.45, 2.75) is 105 Å². The van der Waals surface area contributed by atoms with E-state index in [4.69, 9.17) is 9.84 Å². The van der Waals surface area contributed by atoms with Crippen molar-refractivity contribution in [3.8, 4) is 11.1 Å². The van der Waals surface area contributed by atoms with Gasteiger partial charge in [-0.25, -0.2) is 0 Å². The first-order valence-corrected chi connectivity index (χ1v) is 22.6. The Morgan fingerprint density at radius 1 is 0.787 bits per heavy atom. The van der Waals surface area contributed by atoms with E-state index in [-0.39, 0.29) is 42.7 Å². The second-order valence-corrected chi connectivity index (χ2v) is 15.9. The maximum absolute atomic E-state index is 11.9. The molecule has 1 aliphatic carbocycles. The minimum atomic E-state index is -1.05. The van der Waals surface area contributed by atoms with Crippen LogP contribution >= 0.6 is 11.8 Å². The lowest BCUT2D eigenvalue weighted by Gasteiger charge is -2.16. The molecule has 3 unspecified atom stereocenters. The van der Waals surface area contributed by atoms with E-state index in [2.05, 4.69) is 92.3 Å². The highest BCUT2D eigenvalue weighted by Gasteiger charge is 2.29. The van der Waals surface area contributed by atoms with Gasteiger partial charge in [0.15, 0.2) is 0 Å². The van der Waals surface area contributed by atoms with Crippen LogP contribution in [0.4, 0.5) is 0 Å². The molecule has 0 aliphatic heterocycles. The van der Waals surface area contributed by atoms with Crippen LogP contribution < -0.4 is 21.3 Å². The van der Waals surface area contributed by atoms with Crippen LogP contribution in [-0.2, 0) is 39.9 Å². The average molecular weight is 865 g/mol. The van der Waals surface area contributed by atoms with Gasteiger partial charge in [0.05, 0.1) is 18.5 Å². The summed E-state index contributed by atoms with van der Waals surface area (Å²) in [6.45, 7) is 14.9. The van der Waals surface area contributed by atoms with Crippen molar-refractivity contribution in [1.29, 1.82) is 0 Å². The molecule has 3 atom stereocenters. The zero-order valence-corrected chi connectivity index (χ0v) is 38.6. The number of carbonyl (C=O) groups excluding carboxylic acids is 5. The first kappa shape index (κ1) is 56.0. The molecule has 12 nitrogen and oxygen atoms in total. The van der Waals surface area contributed by atoms with Gasteiger partial charge in [0, 0.05) is 5.92 Å². The molecule has 4 rings (SSSR count). The lowest BCUT2D eigenvalue weighted by Crippen LogP contribution is -2.45. The summed E-state index contributed by atoms with van der Waals surface area (Å²) in [6.07, 6.45) is 8.99. The number of hydrogen-bond donors (Lipinski definition) is 5. The van der Waals surface area contributed by atoms with Gasteiger partial charge < -0.3 is 35.9 Å². The molecular weight excluding hydrogens is 793 g/mol. The number of thioether (sulfide) groups is 1.